The molecule has 2 rings (SSSR count). The van der Waals surface area contributed by atoms with Crippen molar-refractivity contribution < 1.29 is 4.74 Å². The van der Waals surface area contributed by atoms with Gasteiger partial charge in [-0.3, -0.25) is 0 Å². The summed E-state index contributed by atoms with van der Waals surface area (Å²) in [5.74, 6) is 1.10. The zero-order chi connectivity index (χ0) is 8.39. The lowest BCUT2D eigenvalue weighted by Crippen LogP contribution is -2.37. The Hall–Kier alpha value is -0.760. The van der Waals surface area contributed by atoms with Crippen molar-refractivity contribution in [1.82, 2.24) is 5.32 Å². The Kier molecular flexibility index (Phi) is 2.17. The van der Waals surface area contributed by atoms with Crippen LogP contribution in [0.2, 0.25) is 0 Å². The summed E-state index contributed by atoms with van der Waals surface area (Å²) in [6, 6.07) is 0.554. The van der Waals surface area contributed by atoms with E-state index in [1.807, 2.05) is 0 Å². The van der Waals surface area contributed by atoms with E-state index in [1.54, 1.807) is 12.7 Å². The Labute approximate surface area is 73.3 Å². The summed E-state index contributed by atoms with van der Waals surface area (Å²) in [6.45, 7) is 1.15. The molecule has 66 valence electrons. The van der Waals surface area contributed by atoms with E-state index >= 15 is 0 Å². The van der Waals surface area contributed by atoms with Crippen LogP contribution < -0.4 is 5.32 Å². The van der Waals surface area contributed by atoms with E-state index in [2.05, 4.69) is 17.5 Å². The molecule has 0 spiro atoms. The molecule has 1 aliphatic heterocycles. The molecule has 1 saturated heterocycles. The molecule has 1 N–H and O–H groups in total. The Balaban J connectivity index is 2.12. The molecule has 0 saturated carbocycles. The molecule has 2 aliphatic rings. The average Bonchev–Trinajstić information content (AvgIpc) is 2.17. The van der Waals surface area contributed by atoms with Gasteiger partial charge in [-0.15, -0.1) is 0 Å². The van der Waals surface area contributed by atoms with Gasteiger partial charge in [0.05, 0.1) is 12.9 Å². The fraction of sp³-hybridized carbons (Fsp3) is 0.600. The van der Waals surface area contributed by atoms with Crippen molar-refractivity contribution in [2.24, 2.45) is 0 Å². The van der Waals surface area contributed by atoms with E-state index in [-0.39, 0.29) is 0 Å². The monoisotopic (exact) mass is 165 g/mol. The van der Waals surface area contributed by atoms with Gasteiger partial charge in [-0.05, 0) is 25.5 Å². The molecule has 2 heteroatoms. The highest BCUT2D eigenvalue weighted by molar-refractivity contribution is 5.27. The van der Waals surface area contributed by atoms with E-state index < -0.39 is 0 Å². The number of allylic oxidation sites excluding steroid dienone is 2. The SMILES string of the molecule is COC1=CC=C2CCCNC2C1. The van der Waals surface area contributed by atoms with Gasteiger partial charge in [0.1, 0.15) is 0 Å². The number of hydrogen-bond acceptors (Lipinski definition) is 2. The predicted octanol–water partition coefficient (Wildman–Crippen LogP) is 1.60. The summed E-state index contributed by atoms with van der Waals surface area (Å²) in [7, 11) is 1.74. The van der Waals surface area contributed by atoms with Crippen molar-refractivity contribution in [2.45, 2.75) is 25.3 Å². The predicted molar refractivity (Wildman–Crippen MR) is 48.8 cm³/mol. The second-order valence-corrected chi connectivity index (χ2v) is 3.39. The Morgan fingerprint density at radius 1 is 1.50 bits per heavy atom. The number of methoxy groups -OCH3 is 1. The third-order valence-corrected chi connectivity index (χ3v) is 2.63. The van der Waals surface area contributed by atoms with E-state index in [0.717, 1.165) is 18.7 Å². The lowest BCUT2D eigenvalue weighted by atomic mass is 9.91. The minimum atomic E-state index is 0.554. The third-order valence-electron chi connectivity index (χ3n) is 2.63. The summed E-state index contributed by atoms with van der Waals surface area (Å²) in [6.07, 6.45) is 7.87. The molecule has 0 radical (unpaired) electrons. The molecule has 0 amide bonds. The number of nitrogens with one attached hydrogen (secondary N) is 1. The molecule has 0 bridgehead atoms. The molecule has 1 fully saturated rings. The summed E-state index contributed by atoms with van der Waals surface area (Å²) in [5.41, 5.74) is 1.54. The average molecular weight is 165 g/mol. The zero-order valence-corrected chi connectivity index (χ0v) is 7.47. The van der Waals surface area contributed by atoms with Gasteiger partial charge in [-0.25, -0.2) is 0 Å². The van der Waals surface area contributed by atoms with Gasteiger partial charge in [0.25, 0.3) is 0 Å². The molecule has 12 heavy (non-hydrogen) atoms. The highest BCUT2D eigenvalue weighted by Gasteiger charge is 2.21. The van der Waals surface area contributed by atoms with E-state index in [0.29, 0.717) is 6.04 Å². The molecule has 1 unspecified atom stereocenters. The van der Waals surface area contributed by atoms with Crippen LogP contribution in [0.4, 0.5) is 0 Å². The smallest absolute Gasteiger partial charge is 0.0974 e. The van der Waals surface area contributed by atoms with Crippen molar-refractivity contribution in [3.8, 4) is 0 Å². The zero-order valence-electron chi connectivity index (χ0n) is 7.47. The fourth-order valence-electron chi connectivity index (χ4n) is 1.90. The molecule has 1 atom stereocenters. The minimum absolute atomic E-state index is 0.554. The number of ether oxygens (including phenoxy) is 1. The fourth-order valence-corrected chi connectivity index (χ4v) is 1.90. The first kappa shape index (κ1) is 7.87. The summed E-state index contributed by atoms with van der Waals surface area (Å²) in [4.78, 5) is 0. The molecule has 0 aromatic rings. The van der Waals surface area contributed by atoms with Gasteiger partial charge in [0.15, 0.2) is 0 Å². The number of rotatable bonds is 1. The van der Waals surface area contributed by atoms with Gasteiger partial charge >= 0.3 is 0 Å². The van der Waals surface area contributed by atoms with Gasteiger partial charge in [0, 0.05) is 12.5 Å². The standard InChI is InChI=1S/C10H15NO/c1-12-9-5-4-8-3-2-6-11-10(8)7-9/h4-5,10-11H,2-3,6-7H2,1H3. The van der Waals surface area contributed by atoms with Gasteiger partial charge in [0.2, 0.25) is 0 Å². The lowest BCUT2D eigenvalue weighted by molar-refractivity contribution is 0.262. The number of piperidine rings is 1. The molecule has 0 aromatic heterocycles. The van der Waals surface area contributed by atoms with Gasteiger partial charge in [-0.1, -0.05) is 11.6 Å². The van der Waals surface area contributed by atoms with Gasteiger partial charge < -0.3 is 10.1 Å². The van der Waals surface area contributed by atoms with Crippen LogP contribution in [0.25, 0.3) is 0 Å². The Morgan fingerprint density at radius 3 is 3.25 bits per heavy atom. The maximum atomic E-state index is 5.22. The van der Waals surface area contributed by atoms with E-state index in [1.165, 1.54) is 12.8 Å². The summed E-state index contributed by atoms with van der Waals surface area (Å²) in [5, 5.41) is 3.50. The van der Waals surface area contributed by atoms with Crippen molar-refractivity contribution >= 4 is 0 Å². The van der Waals surface area contributed by atoms with Crippen molar-refractivity contribution in [3.63, 3.8) is 0 Å². The van der Waals surface area contributed by atoms with Crippen molar-refractivity contribution in [1.29, 1.82) is 0 Å². The van der Waals surface area contributed by atoms with Crippen molar-refractivity contribution in [2.75, 3.05) is 13.7 Å². The summed E-state index contributed by atoms with van der Waals surface area (Å²) < 4.78 is 5.22. The summed E-state index contributed by atoms with van der Waals surface area (Å²) >= 11 is 0. The van der Waals surface area contributed by atoms with E-state index in [4.69, 9.17) is 4.74 Å². The number of fused-ring (bicyclic) bond motifs is 1. The van der Waals surface area contributed by atoms with Crippen LogP contribution in [0, 0.1) is 0 Å². The highest BCUT2D eigenvalue weighted by atomic mass is 16.5. The van der Waals surface area contributed by atoms with Crippen LogP contribution in [-0.2, 0) is 4.74 Å². The quantitative estimate of drug-likeness (QED) is 0.637. The van der Waals surface area contributed by atoms with Crippen LogP contribution in [-0.4, -0.2) is 19.7 Å². The first-order valence-corrected chi connectivity index (χ1v) is 4.57. The Morgan fingerprint density at radius 2 is 2.42 bits per heavy atom. The van der Waals surface area contributed by atoms with Crippen LogP contribution in [0.15, 0.2) is 23.5 Å². The van der Waals surface area contributed by atoms with Crippen LogP contribution in [0.5, 0.6) is 0 Å². The first-order chi connectivity index (χ1) is 5.90. The largest absolute Gasteiger partial charge is 0.501 e. The van der Waals surface area contributed by atoms with E-state index in [9.17, 15) is 0 Å². The highest BCUT2D eigenvalue weighted by Crippen LogP contribution is 2.25. The van der Waals surface area contributed by atoms with Crippen molar-refractivity contribution in [3.05, 3.63) is 23.5 Å². The molecule has 1 aliphatic carbocycles. The number of hydrogen-bond donors (Lipinski definition) is 1. The second-order valence-electron chi connectivity index (χ2n) is 3.39. The maximum absolute atomic E-state index is 5.22. The molecule has 1 heterocycles. The van der Waals surface area contributed by atoms with Crippen LogP contribution in [0.3, 0.4) is 0 Å². The molecular weight excluding hydrogens is 150 g/mol. The third kappa shape index (κ3) is 1.39. The first-order valence-electron chi connectivity index (χ1n) is 4.57. The van der Waals surface area contributed by atoms with Crippen LogP contribution in [0.1, 0.15) is 19.3 Å². The lowest BCUT2D eigenvalue weighted by Gasteiger charge is -2.29. The Bertz CT molecular complexity index is 230. The maximum Gasteiger partial charge on any atom is 0.0974 e. The molecule has 0 aromatic carbocycles. The van der Waals surface area contributed by atoms with Crippen LogP contribution >= 0.6 is 0 Å². The normalized spacial score (nSPS) is 28.6. The topological polar surface area (TPSA) is 21.3 Å². The molecular formula is C10H15NO. The molecule has 2 nitrogen and oxygen atoms in total. The second kappa shape index (κ2) is 3.31. The van der Waals surface area contributed by atoms with Gasteiger partial charge in [-0.2, -0.15) is 0 Å². The minimum Gasteiger partial charge on any atom is -0.501 e.